The smallest absolute Gasteiger partial charge is 0.262 e. The molecule has 7 heteroatoms. The minimum Gasteiger partial charge on any atom is -0.486 e. The van der Waals surface area contributed by atoms with E-state index in [0.717, 1.165) is 34.0 Å². The van der Waals surface area contributed by atoms with Crippen molar-refractivity contribution in [3.8, 4) is 28.5 Å². The quantitative estimate of drug-likeness (QED) is 0.531. The average molecular weight is 415 g/mol. The van der Waals surface area contributed by atoms with E-state index in [1.165, 1.54) is 0 Å². The monoisotopic (exact) mass is 415 g/mol. The van der Waals surface area contributed by atoms with Crippen molar-refractivity contribution in [2.24, 2.45) is 0 Å². The molecule has 31 heavy (non-hydrogen) atoms. The number of imidazole rings is 1. The zero-order valence-corrected chi connectivity index (χ0v) is 17.0. The fourth-order valence-corrected chi connectivity index (χ4v) is 3.39. The Morgan fingerprint density at radius 3 is 2.68 bits per heavy atom. The summed E-state index contributed by atoms with van der Waals surface area (Å²) in [6, 6.07) is 17.0. The van der Waals surface area contributed by atoms with Crippen molar-refractivity contribution >= 4 is 17.2 Å². The van der Waals surface area contributed by atoms with E-state index in [2.05, 4.69) is 10.3 Å². The number of carbonyl (C=O) groups is 1. The van der Waals surface area contributed by atoms with E-state index in [0.29, 0.717) is 24.7 Å². The molecule has 3 heterocycles. The number of carbonyl (C=O) groups excluding carboxylic acids is 1. The van der Waals surface area contributed by atoms with Gasteiger partial charge in [0.15, 0.2) is 18.1 Å². The molecule has 7 nitrogen and oxygen atoms in total. The van der Waals surface area contributed by atoms with Crippen LogP contribution in [0.2, 0.25) is 0 Å². The van der Waals surface area contributed by atoms with Gasteiger partial charge in [0.2, 0.25) is 0 Å². The molecule has 1 aliphatic rings. The van der Waals surface area contributed by atoms with Crippen LogP contribution < -0.4 is 19.5 Å². The molecule has 0 fully saturated rings. The number of nitrogens with zero attached hydrogens (tertiary/aromatic N) is 2. The van der Waals surface area contributed by atoms with Crippen molar-refractivity contribution in [3.05, 3.63) is 72.6 Å². The molecule has 0 saturated heterocycles. The maximum absolute atomic E-state index is 12.3. The second-order valence-electron chi connectivity index (χ2n) is 7.32. The summed E-state index contributed by atoms with van der Waals surface area (Å²) in [5.41, 5.74) is 4.32. The molecule has 1 amide bonds. The fraction of sp³-hybridized carbons (Fsp3) is 0.167. The van der Waals surface area contributed by atoms with Gasteiger partial charge in [0.05, 0.1) is 11.4 Å². The highest BCUT2D eigenvalue weighted by molar-refractivity contribution is 5.91. The largest absolute Gasteiger partial charge is 0.486 e. The lowest BCUT2D eigenvalue weighted by atomic mass is 10.1. The lowest BCUT2D eigenvalue weighted by molar-refractivity contribution is -0.118. The molecule has 0 aliphatic carbocycles. The Morgan fingerprint density at radius 2 is 1.84 bits per heavy atom. The molecule has 0 radical (unpaired) electrons. The van der Waals surface area contributed by atoms with Crippen LogP contribution in [0.4, 0.5) is 5.69 Å². The Kier molecular flexibility index (Phi) is 4.92. The number of benzene rings is 2. The number of pyridine rings is 1. The summed E-state index contributed by atoms with van der Waals surface area (Å²) in [4.78, 5) is 16.9. The fourth-order valence-electron chi connectivity index (χ4n) is 3.39. The van der Waals surface area contributed by atoms with Gasteiger partial charge in [-0.15, -0.1) is 0 Å². The Bertz CT molecular complexity index is 1250. The van der Waals surface area contributed by atoms with Gasteiger partial charge < -0.3 is 23.9 Å². The molecule has 2 aromatic carbocycles. The van der Waals surface area contributed by atoms with Crippen LogP contribution in [-0.4, -0.2) is 35.1 Å². The second-order valence-corrected chi connectivity index (χ2v) is 7.32. The number of amides is 1. The number of nitrogens with one attached hydrogen (secondary N) is 1. The zero-order chi connectivity index (χ0) is 21.2. The molecule has 0 atom stereocenters. The number of aromatic nitrogens is 2. The molecular formula is C24H21N3O4. The van der Waals surface area contributed by atoms with E-state index in [1.807, 2.05) is 78.3 Å². The Hall–Kier alpha value is -4.00. The molecule has 0 saturated carbocycles. The van der Waals surface area contributed by atoms with Crippen molar-refractivity contribution in [1.82, 2.24) is 9.38 Å². The van der Waals surface area contributed by atoms with Gasteiger partial charge in [0.1, 0.15) is 24.6 Å². The first-order valence-corrected chi connectivity index (χ1v) is 10.0. The number of ether oxygens (including phenoxy) is 3. The Balaban J connectivity index is 1.29. The molecule has 4 aromatic rings. The van der Waals surface area contributed by atoms with Crippen LogP contribution >= 0.6 is 0 Å². The summed E-state index contributed by atoms with van der Waals surface area (Å²) in [5, 5.41) is 2.86. The van der Waals surface area contributed by atoms with E-state index in [4.69, 9.17) is 14.2 Å². The van der Waals surface area contributed by atoms with Crippen molar-refractivity contribution in [1.29, 1.82) is 0 Å². The van der Waals surface area contributed by atoms with E-state index in [-0.39, 0.29) is 12.5 Å². The molecule has 0 spiro atoms. The van der Waals surface area contributed by atoms with Gasteiger partial charge in [-0.2, -0.15) is 0 Å². The third-order valence-electron chi connectivity index (χ3n) is 4.96. The highest BCUT2D eigenvalue weighted by Crippen LogP contribution is 2.34. The average Bonchev–Trinajstić information content (AvgIpc) is 3.22. The SMILES string of the molecule is Cc1ccc(OCC(=O)Nc2ccc3nc(-c4ccc5c(c4)OCCO5)cn3c2)cc1. The summed E-state index contributed by atoms with van der Waals surface area (Å²) in [5.74, 6) is 1.90. The molecule has 1 aliphatic heterocycles. The van der Waals surface area contributed by atoms with E-state index < -0.39 is 0 Å². The van der Waals surface area contributed by atoms with E-state index in [9.17, 15) is 4.79 Å². The van der Waals surface area contributed by atoms with Gasteiger partial charge >= 0.3 is 0 Å². The summed E-state index contributed by atoms with van der Waals surface area (Å²) in [6.45, 7) is 3.04. The first-order chi connectivity index (χ1) is 15.1. The first-order valence-electron chi connectivity index (χ1n) is 10.0. The van der Waals surface area contributed by atoms with Gasteiger partial charge in [0.25, 0.3) is 5.91 Å². The lowest BCUT2D eigenvalue weighted by Gasteiger charge is -2.18. The third kappa shape index (κ3) is 4.16. The van der Waals surface area contributed by atoms with Crippen molar-refractivity contribution in [3.63, 3.8) is 0 Å². The van der Waals surface area contributed by atoms with Crippen LogP contribution in [0.3, 0.4) is 0 Å². The summed E-state index contributed by atoms with van der Waals surface area (Å²) >= 11 is 0. The van der Waals surface area contributed by atoms with Crippen LogP contribution in [-0.2, 0) is 4.79 Å². The molecule has 156 valence electrons. The van der Waals surface area contributed by atoms with E-state index in [1.54, 1.807) is 0 Å². The second kappa shape index (κ2) is 8.02. The van der Waals surface area contributed by atoms with E-state index >= 15 is 0 Å². The maximum Gasteiger partial charge on any atom is 0.262 e. The van der Waals surface area contributed by atoms with Gasteiger partial charge in [0, 0.05) is 18.0 Å². The summed E-state index contributed by atoms with van der Waals surface area (Å²) in [7, 11) is 0. The predicted octanol–water partition coefficient (Wildman–Crippen LogP) is 4.10. The molecule has 2 aromatic heterocycles. The number of fused-ring (bicyclic) bond motifs is 2. The minimum atomic E-state index is -0.230. The predicted molar refractivity (Wildman–Crippen MR) is 117 cm³/mol. The van der Waals surface area contributed by atoms with Crippen LogP contribution in [0, 0.1) is 6.92 Å². The number of aryl methyl sites for hydroxylation is 1. The Morgan fingerprint density at radius 1 is 1.03 bits per heavy atom. The van der Waals surface area contributed by atoms with Gasteiger partial charge in [-0.1, -0.05) is 17.7 Å². The molecule has 5 rings (SSSR count). The maximum atomic E-state index is 12.3. The lowest BCUT2D eigenvalue weighted by Crippen LogP contribution is -2.20. The van der Waals surface area contributed by atoms with Crippen LogP contribution in [0.1, 0.15) is 5.56 Å². The van der Waals surface area contributed by atoms with Gasteiger partial charge in [-0.3, -0.25) is 4.79 Å². The number of hydrogen-bond donors (Lipinski definition) is 1. The minimum absolute atomic E-state index is 0.0620. The zero-order valence-electron chi connectivity index (χ0n) is 17.0. The van der Waals surface area contributed by atoms with Crippen LogP contribution in [0.15, 0.2) is 67.0 Å². The van der Waals surface area contributed by atoms with Crippen LogP contribution in [0.5, 0.6) is 17.2 Å². The topological polar surface area (TPSA) is 74.1 Å². The summed E-state index contributed by atoms with van der Waals surface area (Å²) < 4.78 is 18.7. The van der Waals surface area contributed by atoms with Crippen molar-refractivity contribution < 1.29 is 19.0 Å². The first kappa shape index (κ1) is 19.0. The third-order valence-corrected chi connectivity index (χ3v) is 4.96. The molecular weight excluding hydrogens is 394 g/mol. The standard InChI is InChI=1S/C24H21N3O4/c1-16-2-6-19(7-3-16)31-15-24(28)25-18-5-9-23-26-20(14-27(23)13-18)17-4-8-21-22(12-17)30-11-10-29-21/h2-9,12-14H,10-11,15H2,1H3,(H,25,28). The van der Waals surface area contributed by atoms with Crippen molar-refractivity contribution in [2.75, 3.05) is 25.1 Å². The number of hydrogen-bond acceptors (Lipinski definition) is 5. The van der Waals surface area contributed by atoms with Gasteiger partial charge in [-0.05, 0) is 49.4 Å². The highest BCUT2D eigenvalue weighted by atomic mass is 16.6. The molecule has 1 N–H and O–H groups in total. The summed E-state index contributed by atoms with van der Waals surface area (Å²) in [6.07, 6.45) is 3.74. The van der Waals surface area contributed by atoms with Gasteiger partial charge in [-0.25, -0.2) is 4.98 Å². The number of rotatable bonds is 5. The number of anilines is 1. The molecule has 0 bridgehead atoms. The molecule has 0 unspecified atom stereocenters. The normalized spacial score (nSPS) is 12.5. The van der Waals surface area contributed by atoms with Crippen molar-refractivity contribution in [2.45, 2.75) is 6.92 Å². The Labute approximate surface area is 179 Å². The highest BCUT2D eigenvalue weighted by Gasteiger charge is 2.14. The van der Waals surface area contributed by atoms with Crippen LogP contribution in [0.25, 0.3) is 16.9 Å².